The van der Waals surface area contributed by atoms with Crippen LogP contribution in [0.5, 0.6) is 0 Å². The van der Waals surface area contributed by atoms with Gasteiger partial charge in [-0.2, -0.15) is 0 Å². The highest BCUT2D eigenvalue weighted by Gasteiger charge is 2.23. The van der Waals surface area contributed by atoms with Gasteiger partial charge in [0.25, 0.3) is 0 Å². The Balaban J connectivity index is 1.67. The lowest BCUT2D eigenvalue weighted by molar-refractivity contribution is -0.0354. The van der Waals surface area contributed by atoms with Crippen molar-refractivity contribution in [1.82, 2.24) is 19.9 Å². The molecular formula is C14H18N4OS. The molecule has 0 N–H and O–H groups in total. The van der Waals surface area contributed by atoms with Crippen molar-refractivity contribution >= 4 is 11.3 Å². The lowest BCUT2D eigenvalue weighted by atomic mass is 10.2. The zero-order valence-corrected chi connectivity index (χ0v) is 12.6. The summed E-state index contributed by atoms with van der Waals surface area (Å²) in [5, 5.41) is 3.26. The Morgan fingerprint density at radius 1 is 1.40 bits per heavy atom. The molecule has 0 spiro atoms. The Hall–Kier alpha value is -1.37. The number of thiazole rings is 1. The van der Waals surface area contributed by atoms with Gasteiger partial charge in [-0.05, 0) is 19.9 Å². The molecule has 3 heterocycles. The Morgan fingerprint density at radius 3 is 3.05 bits per heavy atom. The molecule has 0 amide bonds. The third-order valence-electron chi connectivity index (χ3n) is 3.33. The molecule has 0 aromatic carbocycles. The number of aromatic nitrogens is 3. The fourth-order valence-corrected chi connectivity index (χ4v) is 2.99. The van der Waals surface area contributed by atoms with Gasteiger partial charge in [-0.15, -0.1) is 11.3 Å². The summed E-state index contributed by atoms with van der Waals surface area (Å²) in [6, 6.07) is 1.94. The summed E-state index contributed by atoms with van der Waals surface area (Å²) < 4.78 is 5.84. The van der Waals surface area contributed by atoms with Gasteiger partial charge >= 0.3 is 0 Å². The van der Waals surface area contributed by atoms with Crippen LogP contribution in [-0.4, -0.2) is 39.5 Å². The van der Waals surface area contributed by atoms with E-state index in [4.69, 9.17) is 4.74 Å². The van der Waals surface area contributed by atoms with Gasteiger partial charge in [0.1, 0.15) is 11.9 Å². The average molecular weight is 290 g/mol. The smallest absolute Gasteiger partial charge is 0.125 e. The third kappa shape index (κ3) is 3.20. The van der Waals surface area contributed by atoms with Crippen LogP contribution in [0.15, 0.2) is 17.6 Å². The number of hydrogen-bond donors (Lipinski definition) is 0. The van der Waals surface area contributed by atoms with Crippen LogP contribution in [-0.2, 0) is 11.3 Å². The summed E-state index contributed by atoms with van der Waals surface area (Å²) in [6.07, 6.45) is 1.83. The number of ether oxygens (including phenoxy) is 1. The number of nitrogens with zero attached hydrogens (tertiary/aromatic N) is 4. The fourth-order valence-electron chi connectivity index (χ4n) is 2.39. The van der Waals surface area contributed by atoms with E-state index in [0.717, 1.165) is 48.5 Å². The fraction of sp³-hybridized carbons (Fsp3) is 0.500. The minimum absolute atomic E-state index is 0.0326. The van der Waals surface area contributed by atoms with Crippen molar-refractivity contribution < 1.29 is 4.74 Å². The van der Waals surface area contributed by atoms with Crippen LogP contribution in [0.3, 0.4) is 0 Å². The SMILES string of the molecule is Cc1nccc([C@@H]2CN(Cc3csc(C)n3)CCO2)n1. The predicted molar refractivity (Wildman–Crippen MR) is 77.6 cm³/mol. The first kappa shape index (κ1) is 13.6. The van der Waals surface area contributed by atoms with E-state index in [0.29, 0.717) is 0 Å². The Kier molecular flexibility index (Phi) is 4.05. The molecule has 6 heteroatoms. The highest BCUT2D eigenvalue weighted by molar-refractivity contribution is 7.09. The van der Waals surface area contributed by atoms with Crippen molar-refractivity contribution in [2.45, 2.75) is 26.5 Å². The minimum atomic E-state index is 0.0326. The Morgan fingerprint density at radius 2 is 2.30 bits per heavy atom. The minimum Gasteiger partial charge on any atom is -0.369 e. The van der Waals surface area contributed by atoms with E-state index in [-0.39, 0.29) is 6.10 Å². The van der Waals surface area contributed by atoms with Crippen LogP contribution in [0.25, 0.3) is 0 Å². The standard InChI is InChI=1S/C14H18N4OS/c1-10-15-4-3-13(16-10)14-8-18(5-6-19-14)7-12-9-20-11(2)17-12/h3-4,9,14H,5-8H2,1-2H3/t14-/m0/s1. The van der Waals surface area contributed by atoms with E-state index in [2.05, 4.69) is 25.2 Å². The molecule has 0 radical (unpaired) electrons. The predicted octanol–water partition coefficient (Wildman–Crippen LogP) is 2.12. The molecule has 20 heavy (non-hydrogen) atoms. The second-order valence-corrected chi connectivity index (χ2v) is 6.04. The monoisotopic (exact) mass is 290 g/mol. The first-order valence-electron chi connectivity index (χ1n) is 6.75. The molecule has 1 atom stereocenters. The van der Waals surface area contributed by atoms with Crippen LogP contribution < -0.4 is 0 Å². The number of morpholine rings is 1. The van der Waals surface area contributed by atoms with E-state index in [1.807, 2.05) is 19.9 Å². The maximum atomic E-state index is 5.84. The maximum Gasteiger partial charge on any atom is 0.125 e. The van der Waals surface area contributed by atoms with Crippen LogP contribution in [0.2, 0.25) is 0 Å². The van der Waals surface area contributed by atoms with E-state index in [1.54, 1.807) is 17.5 Å². The molecule has 1 aliphatic heterocycles. The van der Waals surface area contributed by atoms with Gasteiger partial charge in [0.15, 0.2) is 0 Å². The molecule has 2 aromatic rings. The molecule has 0 bridgehead atoms. The molecule has 0 saturated carbocycles. The molecule has 2 aromatic heterocycles. The van der Waals surface area contributed by atoms with Crippen molar-refractivity contribution in [3.05, 3.63) is 39.9 Å². The van der Waals surface area contributed by atoms with Crippen LogP contribution in [0.1, 0.15) is 28.3 Å². The molecule has 1 aliphatic rings. The molecule has 5 nitrogen and oxygen atoms in total. The van der Waals surface area contributed by atoms with E-state index >= 15 is 0 Å². The number of aryl methyl sites for hydroxylation is 2. The van der Waals surface area contributed by atoms with Crippen molar-refractivity contribution in [3.63, 3.8) is 0 Å². The summed E-state index contributed by atoms with van der Waals surface area (Å²) >= 11 is 1.70. The first-order chi connectivity index (χ1) is 9.70. The zero-order valence-electron chi connectivity index (χ0n) is 11.7. The van der Waals surface area contributed by atoms with Gasteiger partial charge < -0.3 is 4.74 Å². The van der Waals surface area contributed by atoms with Crippen molar-refractivity contribution in [2.75, 3.05) is 19.7 Å². The van der Waals surface area contributed by atoms with Gasteiger partial charge in [-0.1, -0.05) is 0 Å². The van der Waals surface area contributed by atoms with Crippen LogP contribution in [0, 0.1) is 13.8 Å². The molecule has 0 aliphatic carbocycles. The lowest BCUT2D eigenvalue weighted by Crippen LogP contribution is -2.38. The van der Waals surface area contributed by atoms with Gasteiger partial charge in [-0.25, -0.2) is 15.0 Å². The lowest BCUT2D eigenvalue weighted by Gasteiger charge is -2.32. The van der Waals surface area contributed by atoms with Crippen LogP contribution in [0.4, 0.5) is 0 Å². The molecule has 0 unspecified atom stereocenters. The van der Waals surface area contributed by atoms with Crippen molar-refractivity contribution in [2.24, 2.45) is 0 Å². The highest BCUT2D eigenvalue weighted by Crippen LogP contribution is 2.22. The third-order valence-corrected chi connectivity index (χ3v) is 4.15. The van der Waals surface area contributed by atoms with Gasteiger partial charge in [0.05, 0.1) is 23.0 Å². The number of rotatable bonds is 3. The molecule has 3 rings (SSSR count). The van der Waals surface area contributed by atoms with Gasteiger partial charge in [-0.3, -0.25) is 4.90 Å². The highest BCUT2D eigenvalue weighted by atomic mass is 32.1. The summed E-state index contributed by atoms with van der Waals surface area (Å²) in [5.41, 5.74) is 2.11. The summed E-state index contributed by atoms with van der Waals surface area (Å²) in [6.45, 7) is 7.36. The Labute approximate surface area is 122 Å². The summed E-state index contributed by atoms with van der Waals surface area (Å²) in [5.74, 6) is 0.790. The first-order valence-corrected chi connectivity index (χ1v) is 7.63. The topological polar surface area (TPSA) is 51.1 Å². The van der Waals surface area contributed by atoms with E-state index in [1.165, 1.54) is 0 Å². The second kappa shape index (κ2) is 5.95. The van der Waals surface area contributed by atoms with Gasteiger partial charge in [0, 0.05) is 31.2 Å². The van der Waals surface area contributed by atoms with E-state index in [9.17, 15) is 0 Å². The average Bonchev–Trinajstić information content (AvgIpc) is 2.84. The molecule has 1 fully saturated rings. The normalized spacial score (nSPS) is 20.2. The molecular weight excluding hydrogens is 272 g/mol. The van der Waals surface area contributed by atoms with Gasteiger partial charge in [0.2, 0.25) is 0 Å². The quantitative estimate of drug-likeness (QED) is 0.866. The maximum absolute atomic E-state index is 5.84. The van der Waals surface area contributed by atoms with Crippen molar-refractivity contribution in [3.8, 4) is 0 Å². The molecule has 1 saturated heterocycles. The largest absolute Gasteiger partial charge is 0.369 e. The summed E-state index contributed by atoms with van der Waals surface area (Å²) in [7, 11) is 0. The van der Waals surface area contributed by atoms with Crippen molar-refractivity contribution in [1.29, 1.82) is 0 Å². The Bertz CT molecular complexity index is 586. The number of hydrogen-bond acceptors (Lipinski definition) is 6. The van der Waals surface area contributed by atoms with E-state index < -0.39 is 0 Å². The zero-order chi connectivity index (χ0) is 13.9. The second-order valence-electron chi connectivity index (χ2n) is 4.98. The van der Waals surface area contributed by atoms with Crippen LogP contribution >= 0.6 is 11.3 Å². The summed E-state index contributed by atoms with van der Waals surface area (Å²) in [4.78, 5) is 15.5. The molecule has 106 valence electrons.